The Balaban J connectivity index is 2.36. The molecule has 2 N–H and O–H groups in total. The summed E-state index contributed by atoms with van der Waals surface area (Å²) in [5.41, 5.74) is 1.35. The number of hydrogen-bond donors (Lipinski definition) is 2. The molecule has 1 rings (SSSR count). The Morgan fingerprint density at radius 3 is 2.43 bits per heavy atom. The zero-order chi connectivity index (χ0) is 22.2. The highest BCUT2D eigenvalue weighted by Crippen LogP contribution is 2.36. The molecule has 30 heavy (non-hydrogen) atoms. The van der Waals surface area contributed by atoms with Crippen LogP contribution in [-0.2, 0) is 9.53 Å². The maximum atomic E-state index is 12.1. The Hall–Kier alpha value is -0.870. The lowest BCUT2D eigenvalue weighted by molar-refractivity contribution is -0.148. The van der Waals surface area contributed by atoms with E-state index in [1.54, 1.807) is 0 Å². The second-order valence-electron chi connectivity index (χ2n) is 9.11. The third-order valence-corrected chi connectivity index (χ3v) is 6.56. The highest BCUT2D eigenvalue weighted by molar-refractivity contribution is 5.72. The molecule has 0 radical (unpaired) electrons. The molecule has 0 aromatic carbocycles. The normalized spacial score (nSPS) is 22.4. The van der Waals surface area contributed by atoms with Crippen molar-refractivity contribution < 1.29 is 19.7 Å². The molecule has 0 aromatic rings. The van der Waals surface area contributed by atoms with E-state index in [-0.39, 0.29) is 30.0 Å². The topological polar surface area (TPSA) is 66.8 Å². The lowest BCUT2D eigenvalue weighted by atomic mass is 9.91. The molecule has 176 valence electrons. The third kappa shape index (κ3) is 10.9. The van der Waals surface area contributed by atoms with Crippen molar-refractivity contribution in [2.45, 2.75) is 129 Å². The standard InChI is InChI=1S/C26H48O4/c1-4-7-10-15-23(27)19-17-21-18-20-25(28)24(21)16-12-9-11-14-22(13-8-5-2)26(29)30-6-3/h17,22-25,27-28H,4-16,18-20H2,1-3H3/t22?,23?,24-,25-/m1/s1. The smallest absolute Gasteiger partial charge is 0.308 e. The van der Waals surface area contributed by atoms with Crippen LogP contribution in [0, 0.1) is 11.8 Å². The number of carbonyl (C=O) groups is 1. The second-order valence-corrected chi connectivity index (χ2v) is 9.11. The van der Waals surface area contributed by atoms with Crippen LogP contribution in [0.1, 0.15) is 117 Å². The fourth-order valence-electron chi connectivity index (χ4n) is 4.64. The molecule has 1 saturated carbocycles. The summed E-state index contributed by atoms with van der Waals surface area (Å²) in [5, 5.41) is 20.6. The molecule has 2 unspecified atom stereocenters. The summed E-state index contributed by atoms with van der Waals surface area (Å²) >= 11 is 0. The van der Waals surface area contributed by atoms with Gasteiger partial charge in [0.2, 0.25) is 0 Å². The molecule has 0 saturated heterocycles. The summed E-state index contributed by atoms with van der Waals surface area (Å²) < 4.78 is 5.24. The summed E-state index contributed by atoms with van der Waals surface area (Å²) in [5.74, 6) is 0.278. The van der Waals surface area contributed by atoms with Gasteiger partial charge in [-0.05, 0) is 51.9 Å². The summed E-state index contributed by atoms with van der Waals surface area (Å²) in [6.07, 6.45) is 16.9. The van der Waals surface area contributed by atoms with Crippen LogP contribution in [0.15, 0.2) is 11.6 Å². The van der Waals surface area contributed by atoms with Crippen molar-refractivity contribution in [1.82, 2.24) is 0 Å². The van der Waals surface area contributed by atoms with Gasteiger partial charge in [-0.1, -0.05) is 76.9 Å². The largest absolute Gasteiger partial charge is 0.466 e. The molecule has 0 bridgehead atoms. The van der Waals surface area contributed by atoms with Crippen LogP contribution in [-0.4, -0.2) is 35.0 Å². The predicted octanol–water partition coefficient (Wildman–Crippen LogP) is 6.34. The van der Waals surface area contributed by atoms with Crippen molar-refractivity contribution >= 4 is 5.97 Å². The number of unbranched alkanes of at least 4 members (excludes halogenated alkanes) is 5. The van der Waals surface area contributed by atoms with E-state index in [0.717, 1.165) is 83.5 Å². The van der Waals surface area contributed by atoms with E-state index < -0.39 is 0 Å². The van der Waals surface area contributed by atoms with Gasteiger partial charge in [-0.3, -0.25) is 4.79 Å². The van der Waals surface area contributed by atoms with Crippen LogP contribution >= 0.6 is 0 Å². The highest BCUT2D eigenvalue weighted by Gasteiger charge is 2.29. The van der Waals surface area contributed by atoms with E-state index in [2.05, 4.69) is 19.9 Å². The number of rotatable bonds is 17. The number of hydrogen-bond acceptors (Lipinski definition) is 4. The number of aliphatic hydroxyl groups excluding tert-OH is 2. The SMILES string of the molecule is CCCCCC(O)CC=C1CC[C@@H](O)[C@@H]1CCCCCC(CCCC)C(=O)OCC. The highest BCUT2D eigenvalue weighted by atomic mass is 16.5. The molecule has 0 spiro atoms. The van der Waals surface area contributed by atoms with Gasteiger partial charge < -0.3 is 14.9 Å². The summed E-state index contributed by atoms with van der Waals surface area (Å²) in [6, 6.07) is 0. The number of esters is 1. The third-order valence-electron chi connectivity index (χ3n) is 6.56. The van der Waals surface area contributed by atoms with E-state index >= 15 is 0 Å². The van der Waals surface area contributed by atoms with Crippen molar-refractivity contribution in [3.05, 3.63) is 11.6 Å². The lowest BCUT2D eigenvalue weighted by Crippen LogP contribution is -2.18. The molecule has 1 aliphatic carbocycles. The Labute approximate surface area is 185 Å². The van der Waals surface area contributed by atoms with Crippen LogP contribution < -0.4 is 0 Å². The molecule has 0 aliphatic heterocycles. The Morgan fingerprint density at radius 1 is 1.03 bits per heavy atom. The van der Waals surface area contributed by atoms with Crippen molar-refractivity contribution in [2.75, 3.05) is 6.61 Å². The van der Waals surface area contributed by atoms with Crippen molar-refractivity contribution in [3.63, 3.8) is 0 Å². The lowest BCUT2D eigenvalue weighted by Gasteiger charge is -2.18. The molecular formula is C26H48O4. The minimum Gasteiger partial charge on any atom is -0.466 e. The van der Waals surface area contributed by atoms with Crippen molar-refractivity contribution in [1.29, 1.82) is 0 Å². The van der Waals surface area contributed by atoms with Gasteiger partial charge in [-0.2, -0.15) is 0 Å². The van der Waals surface area contributed by atoms with Gasteiger partial charge in [0.15, 0.2) is 0 Å². The quantitative estimate of drug-likeness (QED) is 0.162. The van der Waals surface area contributed by atoms with Crippen LogP contribution in [0.3, 0.4) is 0 Å². The van der Waals surface area contributed by atoms with Crippen LogP contribution in [0.4, 0.5) is 0 Å². The molecular weight excluding hydrogens is 376 g/mol. The predicted molar refractivity (Wildman–Crippen MR) is 124 cm³/mol. The molecule has 0 amide bonds. The zero-order valence-corrected chi connectivity index (χ0v) is 19.9. The molecule has 4 nitrogen and oxygen atoms in total. The summed E-state index contributed by atoms with van der Waals surface area (Å²) in [7, 11) is 0. The first-order valence-electron chi connectivity index (χ1n) is 12.7. The van der Waals surface area contributed by atoms with E-state index in [4.69, 9.17) is 4.74 Å². The van der Waals surface area contributed by atoms with E-state index in [1.807, 2.05) is 6.92 Å². The minimum absolute atomic E-state index is 0.0279. The maximum Gasteiger partial charge on any atom is 0.308 e. The van der Waals surface area contributed by atoms with Crippen LogP contribution in [0.2, 0.25) is 0 Å². The minimum atomic E-state index is -0.245. The molecule has 0 heterocycles. The van der Waals surface area contributed by atoms with E-state index in [9.17, 15) is 15.0 Å². The fourth-order valence-corrected chi connectivity index (χ4v) is 4.64. The molecule has 4 heteroatoms. The first-order chi connectivity index (χ1) is 14.5. The zero-order valence-electron chi connectivity index (χ0n) is 19.9. The van der Waals surface area contributed by atoms with Gasteiger partial charge in [-0.15, -0.1) is 0 Å². The Bertz CT molecular complexity index is 474. The average Bonchev–Trinajstić information content (AvgIpc) is 3.08. The second kappa shape index (κ2) is 16.8. The molecule has 0 aromatic heterocycles. The summed E-state index contributed by atoms with van der Waals surface area (Å²) in [6.45, 7) is 6.67. The summed E-state index contributed by atoms with van der Waals surface area (Å²) in [4.78, 5) is 12.1. The Morgan fingerprint density at radius 2 is 1.73 bits per heavy atom. The fraction of sp³-hybridized carbons (Fsp3) is 0.885. The van der Waals surface area contributed by atoms with Gasteiger partial charge in [0.25, 0.3) is 0 Å². The van der Waals surface area contributed by atoms with Crippen LogP contribution in [0.25, 0.3) is 0 Å². The van der Waals surface area contributed by atoms with Gasteiger partial charge in [-0.25, -0.2) is 0 Å². The van der Waals surface area contributed by atoms with Gasteiger partial charge in [0.05, 0.1) is 24.7 Å². The molecule has 4 atom stereocenters. The first-order valence-corrected chi connectivity index (χ1v) is 12.7. The maximum absolute atomic E-state index is 12.1. The first kappa shape index (κ1) is 27.2. The monoisotopic (exact) mass is 424 g/mol. The van der Waals surface area contributed by atoms with Gasteiger partial charge >= 0.3 is 5.97 Å². The Kier molecular flexibility index (Phi) is 15.2. The van der Waals surface area contributed by atoms with Gasteiger partial charge in [0.1, 0.15) is 0 Å². The van der Waals surface area contributed by atoms with Crippen molar-refractivity contribution in [3.8, 4) is 0 Å². The average molecular weight is 425 g/mol. The number of aliphatic hydroxyl groups is 2. The molecule has 1 fully saturated rings. The molecule has 1 aliphatic rings. The van der Waals surface area contributed by atoms with Crippen LogP contribution in [0.5, 0.6) is 0 Å². The van der Waals surface area contributed by atoms with Gasteiger partial charge in [0, 0.05) is 5.92 Å². The van der Waals surface area contributed by atoms with E-state index in [0.29, 0.717) is 6.61 Å². The number of carbonyl (C=O) groups excluding carboxylic acids is 1. The van der Waals surface area contributed by atoms with Crippen molar-refractivity contribution in [2.24, 2.45) is 11.8 Å². The number of ether oxygens (including phenoxy) is 1. The van der Waals surface area contributed by atoms with E-state index in [1.165, 1.54) is 18.4 Å².